The van der Waals surface area contributed by atoms with Crippen molar-refractivity contribution in [3.05, 3.63) is 29.3 Å². The molecular weight excluding hydrogens is 334 g/mol. The summed E-state index contributed by atoms with van der Waals surface area (Å²) in [5.41, 5.74) is -1.04. The third-order valence-electron chi connectivity index (χ3n) is 4.08. The van der Waals surface area contributed by atoms with Crippen molar-refractivity contribution < 1.29 is 24.2 Å². The fourth-order valence-corrected chi connectivity index (χ4v) is 3.00. The van der Waals surface area contributed by atoms with Crippen LogP contribution in [0.15, 0.2) is 18.2 Å². The zero-order valence-electron chi connectivity index (χ0n) is 16.4. The van der Waals surface area contributed by atoms with E-state index in [0.717, 1.165) is 5.56 Å². The number of hydrogen-bond donors (Lipinski definition) is 2. The first-order valence-electron chi connectivity index (χ1n) is 8.86. The van der Waals surface area contributed by atoms with Gasteiger partial charge in [-0.3, -0.25) is 0 Å². The molecule has 26 heavy (non-hydrogen) atoms. The summed E-state index contributed by atoms with van der Waals surface area (Å²) in [7, 11) is 0. The van der Waals surface area contributed by atoms with Gasteiger partial charge in [0.05, 0.1) is 0 Å². The predicted octanol–water partition coefficient (Wildman–Crippen LogP) is 3.49. The quantitative estimate of drug-likeness (QED) is 0.786. The molecule has 0 aliphatic heterocycles. The highest BCUT2D eigenvalue weighted by atomic mass is 16.6. The lowest BCUT2D eigenvalue weighted by atomic mass is 9.77. The Kier molecular flexibility index (Phi) is 5.26. The maximum absolute atomic E-state index is 13.0. The fraction of sp³-hybridized carbons (Fsp3) is 0.600. The number of carbonyl (C=O) groups excluding carboxylic acids is 2. The van der Waals surface area contributed by atoms with Crippen LogP contribution < -0.4 is 5.32 Å². The molecule has 1 aromatic carbocycles. The molecule has 1 amide bonds. The molecule has 1 aromatic rings. The van der Waals surface area contributed by atoms with E-state index in [1.165, 1.54) is 0 Å². The third kappa shape index (κ3) is 4.90. The molecule has 2 rings (SSSR count). The number of aromatic hydroxyl groups is 1. The number of phenols is 1. The molecule has 0 bridgehead atoms. The van der Waals surface area contributed by atoms with Crippen molar-refractivity contribution in [2.45, 2.75) is 77.5 Å². The zero-order chi connectivity index (χ0) is 19.8. The summed E-state index contributed by atoms with van der Waals surface area (Å²) < 4.78 is 10.9. The number of ether oxygens (including phenoxy) is 2. The van der Waals surface area contributed by atoms with E-state index < -0.39 is 28.8 Å². The van der Waals surface area contributed by atoms with Crippen LogP contribution in [-0.2, 0) is 27.1 Å². The van der Waals surface area contributed by atoms with Crippen molar-refractivity contribution in [3.63, 3.8) is 0 Å². The number of aryl methyl sites for hydroxylation is 1. The number of esters is 1. The van der Waals surface area contributed by atoms with Crippen molar-refractivity contribution >= 4 is 12.1 Å². The van der Waals surface area contributed by atoms with Crippen molar-refractivity contribution in [1.29, 1.82) is 0 Å². The molecule has 1 aliphatic carbocycles. The first kappa shape index (κ1) is 20.1. The van der Waals surface area contributed by atoms with Gasteiger partial charge in [-0.1, -0.05) is 12.1 Å². The molecular formula is C20H29NO5. The summed E-state index contributed by atoms with van der Waals surface area (Å²) in [6.07, 6.45) is 0.391. The average Bonchev–Trinajstić information content (AvgIpc) is 2.44. The van der Waals surface area contributed by atoms with Gasteiger partial charge in [-0.05, 0) is 71.6 Å². The normalized spacial score (nSPS) is 20.1. The summed E-state index contributed by atoms with van der Waals surface area (Å²) in [4.78, 5) is 25.4. The smallest absolute Gasteiger partial charge is 0.408 e. The summed E-state index contributed by atoms with van der Waals surface area (Å²) >= 11 is 0. The summed E-state index contributed by atoms with van der Waals surface area (Å²) in [6, 6.07) is 5.27. The van der Waals surface area contributed by atoms with Crippen LogP contribution in [0.25, 0.3) is 0 Å². The van der Waals surface area contributed by atoms with Crippen LogP contribution in [0.2, 0.25) is 0 Å². The van der Waals surface area contributed by atoms with E-state index in [4.69, 9.17) is 9.47 Å². The number of fused-ring (bicyclic) bond motifs is 1. The largest absolute Gasteiger partial charge is 0.508 e. The third-order valence-corrected chi connectivity index (χ3v) is 4.08. The Hall–Kier alpha value is -2.24. The monoisotopic (exact) mass is 363 g/mol. The highest BCUT2D eigenvalue weighted by Gasteiger charge is 2.47. The Morgan fingerprint density at radius 2 is 1.69 bits per heavy atom. The Morgan fingerprint density at radius 3 is 2.27 bits per heavy atom. The number of alkyl carbamates (subject to hydrolysis) is 1. The minimum absolute atomic E-state index is 0.112. The van der Waals surface area contributed by atoms with E-state index in [1.54, 1.807) is 53.7 Å². The van der Waals surface area contributed by atoms with Crippen LogP contribution >= 0.6 is 0 Å². The molecule has 0 unspecified atom stereocenters. The van der Waals surface area contributed by atoms with Gasteiger partial charge in [0.15, 0.2) is 0 Å². The molecule has 0 saturated heterocycles. The molecule has 0 heterocycles. The van der Waals surface area contributed by atoms with E-state index in [2.05, 4.69) is 5.32 Å². The number of nitrogens with one attached hydrogen (secondary N) is 1. The second-order valence-electron chi connectivity index (χ2n) is 8.80. The van der Waals surface area contributed by atoms with Crippen LogP contribution in [0.5, 0.6) is 5.75 Å². The lowest BCUT2D eigenvalue weighted by molar-refractivity contribution is -0.164. The Labute approximate surface area is 154 Å². The van der Waals surface area contributed by atoms with Gasteiger partial charge in [-0.15, -0.1) is 0 Å². The molecule has 1 atom stereocenters. The van der Waals surface area contributed by atoms with Crippen molar-refractivity contribution in [1.82, 2.24) is 5.32 Å². The van der Waals surface area contributed by atoms with Gasteiger partial charge in [-0.25, -0.2) is 9.59 Å². The summed E-state index contributed by atoms with van der Waals surface area (Å²) in [6.45, 7) is 10.6. The highest BCUT2D eigenvalue weighted by molar-refractivity contribution is 5.87. The Morgan fingerprint density at radius 1 is 1.08 bits per heavy atom. The lowest BCUT2D eigenvalue weighted by Gasteiger charge is -2.39. The maximum atomic E-state index is 13.0. The minimum atomic E-state index is -1.28. The number of phenolic OH excluding ortho intramolecular Hbond substituents is 1. The average molecular weight is 363 g/mol. The molecule has 2 N–H and O–H groups in total. The van der Waals surface area contributed by atoms with E-state index in [9.17, 15) is 14.7 Å². The molecule has 0 saturated carbocycles. The van der Waals surface area contributed by atoms with Crippen LogP contribution in [0.4, 0.5) is 4.79 Å². The van der Waals surface area contributed by atoms with Gasteiger partial charge in [0.1, 0.15) is 22.5 Å². The van der Waals surface area contributed by atoms with Gasteiger partial charge in [0.25, 0.3) is 0 Å². The Bertz CT molecular complexity index is 699. The van der Waals surface area contributed by atoms with Crippen LogP contribution in [0, 0.1) is 0 Å². The fourth-order valence-electron chi connectivity index (χ4n) is 3.00. The van der Waals surface area contributed by atoms with Gasteiger partial charge in [0.2, 0.25) is 0 Å². The minimum Gasteiger partial charge on any atom is -0.508 e. The van der Waals surface area contributed by atoms with Crippen molar-refractivity contribution in [2.75, 3.05) is 0 Å². The number of benzene rings is 1. The molecule has 6 heteroatoms. The lowest BCUT2D eigenvalue weighted by Crippen LogP contribution is -2.60. The SMILES string of the molecule is CC(C)(C)OC(=O)N[C@@]1(C(=O)OC(C)(C)C)CCc2cccc(O)c2C1. The molecule has 0 aromatic heterocycles. The first-order valence-corrected chi connectivity index (χ1v) is 8.86. The molecule has 0 radical (unpaired) electrons. The van der Waals surface area contributed by atoms with E-state index >= 15 is 0 Å². The van der Waals surface area contributed by atoms with Gasteiger partial charge in [0, 0.05) is 6.42 Å². The summed E-state index contributed by atoms with van der Waals surface area (Å²) in [5.74, 6) is -0.411. The van der Waals surface area contributed by atoms with Crippen LogP contribution in [-0.4, -0.2) is 33.9 Å². The number of amides is 1. The number of carbonyl (C=O) groups is 2. The van der Waals surface area contributed by atoms with Crippen LogP contribution in [0.3, 0.4) is 0 Å². The molecule has 0 spiro atoms. The second-order valence-corrected chi connectivity index (χ2v) is 8.80. The second kappa shape index (κ2) is 6.82. The first-order chi connectivity index (χ1) is 11.8. The van der Waals surface area contributed by atoms with Crippen LogP contribution in [0.1, 0.15) is 59.1 Å². The van der Waals surface area contributed by atoms with Gasteiger partial charge >= 0.3 is 12.1 Å². The van der Waals surface area contributed by atoms with Crippen molar-refractivity contribution in [3.8, 4) is 5.75 Å². The standard InChI is InChI=1S/C20H29NO5/c1-18(2,3)25-16(23)20(21-17(24)26-19(4,5)6)11-10-13-8-7-9-15(22)14(13)12-20/h7-9,22H,10-12H2,1-6H3,(H,21,24)/t20-/m0/s1. The highest BCUT2D eigenvalue weighted by Crippen LogP contribution is 2.35. The van der Waals surface area contributed by atoms with Gasteiger partial charge < -0.3 is 19.9 Å². The van der Waals surface area contributed by atoms with E-state index in [1.807, 2.05) is 6.07 Å². The predicted molar refractivity (Wildman–Crippen MR) is 98.1 cm³/mol. The Balaban J connectivity index is 2.36. The van der Waals surface area contributed by atoms with E-state index in [-0.39, 0.29) is 12.2 Å². The molecule has 6 nitrogen and oxygen atoms in total. The maximum Gasteiger partial charge on any atom is 0.408 e. The topological polar surface area (TPSA) is 84.9 Å². The molecule has 144 valence electrons. The summed E-state index contributed by atoms with van der Waals surface area (Å²) in [5, 5.41) is 13.0. The molecule has 0 fully saturated rings. The zero-order valence-corrected chi connectivity index (χ0v) is 16.4. The number of hydrogen-bond acceptors (Lipinski definition) is 5. The molecule has 1 aliphatic rings. The van der Waals surface area contributed by atoms with Crippen molar-refractivity contribution in [2.24, 2.45) is 0 Å². The van der Waals surface area contributed by atoms with Gasteiger partial charge in [-0.2, -0.15) is 0 Å². The van der Waals surface area contributed by atoms with E-state index in [0.29, 0.717) is 18.4 Å². The number of rotatable bonds is 2.